The van der Waals surface area contributed by atoms with Gasteiger partial charge in [0, 0.05) is 10.0 Å². The van der Waals surface area contributed by atoms with Crippen molar-refractivity contribution in [1.29, 1.82) is 0 Å². The van der Waals surface area contributed by atoms with Crippen LogP contribution in [-0.2, 0) is 4.79 Å². The van der Waals surface area contributed by atoms with Crippen molar-refractivity contribution in [3.63, 3.8) is 0 Å². The van der Waals surface area contributed by atoms with E-state index in [0.717, 1.165) is 0 Å². The lowest BCUT2D eigenvalue weighted by molar-refractivity contribution is -0.118. The fourth-order valence-electron chi connectivity index (χ4n) is 1.65. The number of carbonyl (C=O) groups is 1. The molecule has 0 aliphatic carbocycles. The maximum absolute atomic E-state index is 12.4. The highest BCUT2D eigenvalue weighted by atomic mass is 35.5. The Morgan fingerprint density at radius 2 is 1.14 bits per heavy atom. The average Bonchev–Trinajstić information content (AvgIpc) is 2.42. The molecule has 9 heteroatoms. The van der Waals surface area contributed by atoms with Gasteiger partial charge in [-0.15, -0.1) is 23.2 Å². The number of ketones is 1. The summed E-state index contributed by atoms with van der Waals surface area (Å²) in [4.78, 5) is 20.3. The summed E-state index contributed by atoms with van der Waals surface area (Å²) in [6, 6.07) is 5.73. The van der Waals surface area contributed by atoms with Crippen LogP contribution in [-0.4, -0.2) is 15.8 Å². The molecular formula is C13H6Cl6N2O. The molecule has 2 atom stereocenters. The van der Waals surface area contributed by atoms with E-state index in [1.54, 1.807) is 0 Å². The van der Waals surface area contributed by atoms with E-state index in [9.17, 15) is 4.79 Å². The molecule has 0 N–H and O–H groups in total. The first-order valence-electron chi connectivity index (χ1n) is 5.76. The van der Waals surface area contributed by atoms with Crippen LogP contribution in [0.15, 0.2) is 24.3 Å². The monoisotopic (exact) mass is 416 g/mol. The van der Waals surface area contributed by atoms with Gasteiger partial charge in [-0.25, -0.2) is 9.97 Å². The Morgan fingerprint density at radius 3 is 1.45 bits per heavy atom. The number of halogens is 6. The van der Waals surface area contributed by atoms with Crippen LogP contribution in [0.3, 0.4) is 0 Å². The van der Waals surface area contributed by atoms with Gasteiger partial charge >= 0.3 is 0 Å². The first-order chi connectivity index (χ1) is 10.3. The molecule has 2 aromatic rings. The SMILES string of the molecule is O=C(C(Cl)c1cc(Cl)cc(Cl)n1)C(Cl)c1cc(Cl)cc(Cl)n1. The Bertz CT molecular complexity index is 624. The second-order valence-electron chi connectivity index (χ2n) is 4.19. The van der Waals surface area contributed by atoms with Gasteiger partial charge in [0.1, 0.15) is 21.1 Å². The van der Waals surface area contributed by atoms with Crippen LogP contribution in [0.4, 0.5) is 0 Å². The van der Waals surface area contributed by atoms with Crippen molar-refractivity contribution >= 4 is 75.4 Å². The Kier molecular flexibility index (Phi) is 6.17. The van der Waals surface area contributed by atoms with Crippen molar-refractivity contribution in [2.75, 3.05) is 0 Å². The standard InChI is InChI=1S/C13H6Cl6N2O/c14-5-1-7(20-9(16)3-5)11(18)13(22)12(19)8-2-6(15)4-10(17)21-8/h1-4,11-12H. The van der Waals surface area contributed by atoms with Crippen molar-refractivity contribution in [3.05, 3.63) is 56.0 Å². The summed E-state index contributed by atoms with van der Waals surface area (Å²) < 4.78 is 0. The third-order valence-electron chi connectivity index (χ3n) is 2.58. The summed E-state index contributed by atoms with van der Waals surface area (Å²) in [7, 11) is 0. The van der Waals surface area contributed by atoms with E-state index in [1.807, 2.05) is 0 Å². The molecule has 2 rings (SSSR count). The third kappa shape index (κ3) is 4.38. The summed E-state index contributed by atoms with van der Waals surface area (Å²) in [6.07, 6.45) is 0. The van der Waals surface area contributed by atoms with Gasteiger partial charge in [-0.2, -0.15) is 0 Å². The van der Waals surface area contributed by atoms with E-state index in [1.165, 1.54) is 24.3 Å². The number of hydrogen-bond acceptors (Lipinski definition) is 3. The van der Waals surface area contributed by atoms with E-state index < -0.39 is 16.5 Å². The van der Waals surface area contributed by atoms with Gasteiger partial charge in [0.15, 0.2) is 5.78 Å². The Morgan fingerprint density at radius 1 is 0.773 bits per heavy atom. The molecule has 0 aliphatic heterocycles. The van der Waals surface area contributed by atoms with Crippen LogP contribution in [0.2, 0.25) is 20.4 Å². The van der Waals surface area contributed by atoms with E-state index in [2.05, 4.69) is 9.97 Å². The van der Waals surface area contributed by atoms with Crippen LogP contribution in [0.25, 0.3) is 0 Å². The van der Waals surface area contributed by atoms with Crippen molar-refractivity contribution in [1.82, 2.24) is 9.97 Å². The summed E-state index contributed by atoms with van der Waals surface area (Å²) >= 11 is 35.5. The fourth-order valence-corrected chi connectivity index (χ4v) is 3.16. The molecule has 2 unspecified atom stereocenters. The minimum Gasteiger partial charge on any atom is -0.295 e. The molecular weight excluding hydrogens is 413 g/mol. The fraction of sp³-hybridized carbons (Fsp3) is 0.154. The first kappa shape index (κ1) is 18.1. The van der Waals surface area contributed by atoms with Gasteiger partial charge in [-0.1, -0.05) is 46.4 Å². The molecule has 0 fully saturated rings. The number of pyridine rings is 2. The number of Topliss-reactive ketones (excluding diaryl/α,β-unsaturated/α-hetero) is 1. The summed E-state index contributed by atoms with van der Waals surface area (Å²) in [5.74, 6) is -0.542. The minimum absolute atomic E-state index is 0.121. The van der Waals surface area contributed by atoms with Crippen molar-refractivity contribution in [2.45, 2.75) is 10.8 Å². The minimum atomic E-state index is -1.14. The molecule has 2 aromatic heterocycles. The Balaban J connectivity index is 2.29. The number of rotatable bonds is 4. The zero-order valence-electron chi connectivity index (χ0n) is 10.5. The molecule has 0 saturated heterocycles. The number of nitrogens with zero attached hydrogens (tertiary/aromatic N) is 2. The Hall–Kier alpha value is -0.290. The van der Waals surface area contributed by atoms with Crippen LogP contribution in [0.5, 0.6) is 0 Å². The Labute approximate surface area is 156 Å². The largest absolute Gasteiger partial charge is 0.295 e. The molecule has 0 aromatic carbocycles. The van der Waals surface area contributed by atoms with Crippen molar-refractivity contribution in [3.8, 4) is 0 Å². The van der Waals surface area contributed by atoms with Crippen LogP contribution in [0, 0.1) is 0 Å². The predicted octanol–water partition coefficient (Wildman–Crippen LogP) is 5.92. The quantitative estimate of drug-likeness (QED) is 0.457. The van der Waals surface area contributed by atoms with Gasteiger partial charge in [0.05, 0.1) is 11.4 Å². The van der Waals surface area contributed by atoms with E-state index in [-0.39, 0.29) is 21.7 Å². The third-order valence-corrected chi connectivity index (χ3v) is 4.28. The molecule has 0 radical (unpaired) electrons. The highest BCUT2D eigenvalue weighted by Gasteiger charge is 2.29. The van der Waals surface area contributed by atoms with Crippen LogP contribution in [0.1, 0.15) is 22.1 Å². The summed E-state index contributed by atoms with van der Waals surface area (Å²) in [6.45, 7) is 0. The smallest absolute Gasteiger partial charge is 0.180 e. The lowest BCUT2D eigenvalue weighted by Crippen LogP contribution is -2.15. The van der Waals surface area contributed by atoms with Gasteiger partial charge in [0.2, 0.25) is 0 Å². The molecule has 0 saturated carbocycles. The number of hydrogen-bond donors (Lipinski definition) is 0. The number of aromatic nitrogens is 2. The van der Waals surface area contributed by atoms with Gasteiger partial charge < -0.3 is 0 Å². The maximum atomic E-state index is 12.4. The van der Waals surface area contributed by atoms with Crippen molar-refractivity contribution < 1.29 is 4.79 Å². The van der Waals surface area contributed by atoms with E-state index in [0.29, 0.717) is 10.0 Å². The maximum Gasteiger partial charge on any atom is 0.180 e. The summed E-state index contributed by atoms with van der Waals surface area (Å²) in [5, 5.41) is -1.42. The highest BCUT2D eigenvalue weighted by molar-refractivity contribution is 6.40. The molecule has 116 valence electrons. The van der Waals surface area contributed by atoms with Crippen LogP contribution < -0.4 is 0 Å². The number of alkyl halides is 2. The van der Waals surface area contributed by atoms with Crippen molar-refractivity contribution in [2.24, 2.45) is 0 Å². The second kappa shape index (κ2) is 7.52. The molecule has 0 amide bonds. The topological polar surface area (TPSA) is 42.9 Å². The zero-order valence-corrected chi connectivity index (χ0v) is 15.1. The predicted molar refractivity (Wildman–Crippen MR) is 90.7 cm³/mol. The lowest BCUT2D eigenvalue weighted by atomic mass is 10.1. The normalized spacial score (nSPS) is 13.7. The number of carbonyl (C=O) groups excluding carboxylic acids is 1. The second-order valence-corrected chi connectivity index (χ2v) is 6.71. The highest BCUT2D eigenvalue weighted by Crippen LogP contribution is 2.33. The zero-order chi connectivity index (χ0) is 16.4. The van der Waals surface area contributed by atoms with Gasteiger partial charge in [-0.05, 0) is 24.3 Å². The van der Waals surface area contributed by atoms with Crippen LogP contribution >= 0.6 is 69.6 Å². The average molecular weight is 419 g/mol. The van der Waals surface area contributed by atoms with Gasteiger partial charge in [-0.3, -0.25) is 4.79 Å². The van der Waals surface area contributed by atoms with E-state index in [4.69, 9.17) is 69.6 Å². The van der Waals surface area contributed by atoms with Gasteiger partial charge in [0.25, 0.3) is 0 Å². The lowest BCUT2D eigenvalue weighted by Gasteiger charge is -2.13. The molecule has 0 spiro atoms. The molecule has 2 heterocycles. The molecule has 0 aliphatic rings. The summed E-state index contributed by atoms with van der Waals surface area (Å²) in [5.41, 5.74) is 0.394. The van der Waals surface area contributed by atoms with E-state index >= 15 is 0 Å². The molecule has 0 bridgehead atoms. The molecule has 3 nitrogen and oxygen atoms in total. The first-order valence-corrected chi connectivity index (χ1v) is 8.14. The molecule has 22 heavy (non-hydrogen) atoms.